The molecular weight excluding hydrogens is 366 g/mol. The second-order valence-corrected chi connectivity index (χ2v) is 7.57. The molecule has 1 fully saturated rings. The quantitative estimate of drug-likeness (QED) is 0.691. The summed E-state index contributed by atoms with van der Waals surface area (Å²) in [7, 11) is 0. The van der Waals surface area contributed by atoms with E-state index in [9.17, 15) is 14.4 Å². The second kappa shape index (κ2) is 7.75. The van der Waals surface area contributed by atoms with Crippen molar-refractivity contribution in [3.8, 4) is 0 Å². The Balaban J connectivity index is 1.76. The highest BCUT2D eigenvalue weighted by Crippen LogP contribution is 2.35. The molecule has 3 rings (SSSR count). The van der Waals surface area contributed by atoms with Crippen molar-refractivity contribution in [2.45, 2.75) is 32.2 Å². The van der Waals surface area contributed by atoms with Crippen molar-refractivity contribution in [1.29, 1.82) is 0 Å². The van der Waals surface area contributed by atoms with E-state index in [4.69, 9.17) is 11.5 Å². The molecule has 2 aromatic rings. The summed E-state index contributed by atoms with van der Waals surface area (Å²) in [4.78, 5) is 43.4. The third-order valence-electron chi connectivity index (χ3n) is 4.53. The molecule has 0 aliphatic carbocycles. The molecule has 0 unspecified atom stereocenters. The normalized spacial score (nSPS) is 16.8. The number of nitrogens with two attached hydrogens (primary N) is 2. The Morgan fingerprint density at radius 3 is 2.74 bits per heavy atom. The van der Waals surface area contributed by atoms with Crippen molar-refractivity contribution >= 4 is 40.6 Å². The Bertz CT molecular complexity index is 895. The standard InChI is InChI=1S/C18H21N5O3S/c1-10-8-11(9-21-15(10)19)22-17(25)18(26)23-7-3-2-4-12(23)13-5-6-14(27-13)16(20)24/h5-6,8-9,12H,2-4,7H2,1H3,(H2,19,21)(H2,20,24)(H,22,25)/t12-/m0/s1. The Hall–Kier alpha value is -2.94. The highest BCUT2D eigenvalue weighted by molar-refractivity contribution is 7.14. The van der Waals surface area contributed by atoms with Gasteiger partial charge >= 0.3 is 11.8 Å². The predicted molar refractivity (Wildman–Crippen MR) is 103 cm³/mol. The summed E-state index contributed by atoms with van der Waals surface area (Å²) in [6, 6.07) is 4.88. The number of likely N-dealkylation sites (tertiary alicyclic amines) is 1. The van der Waals surface area contributed by atoms with E-state index in [0.717, 1.165) is 24.1 Å². The van der Waals surface area contributed by atoms with Crippen molar-refractivity contribution in [1.82, 2.24) is 9.88 Å². The van der Waals surface area contributed by atoms with Gasteiger partial charge in [0.15, 0.2) is 0 Å². The molecule has 5 N–H and O–H groups in total. The molecule has 1 atom stereocenters. The zero-order valence-corrected chi connectivity index (χ0v) is 15.7. The van der Waals surface area contributed by atoms with Crippen LogP contribution >= 0.6 is 11.3 Å². The van der Waals surface area contributed by atoms with Crippen LogP contribution in [0.2, 0.25) is 0 Å². The third kappa shape index (κ3) is 4.08. The van der Waals surface area contributed by atoms with Crippen LogP contribution < -0.4 is 16.8 Å². The number of piperidine rings is 1. The van der Waals surface area contributed by atoms with E-state index in [2.05, 4.69) is 10.3 Å². The number of nitrogens with one attached hydrogen (secondary N) is 1. The van der Waals surface area contributed by atoms with Crippen LogP contribution in [0, 0.1) is 6.92 Å². The van der Waals surface area contributed by atoms with E-state index in [-0.39, 0.29) is 6.04 Å². The van der Waals surface area contributed by atoms with Crippen molar-refractivity contribution in [3.63, 3.8) is 0 Å². The zero-order chi connectivity index (χ0) is 19.6. The molecule has 1 aliphatic heterocycles. The Morgan fingerprint density at radius 1 is 1.30 bits per heavy atom. The van der Waals surface area contributed by atoms with Crippen LogP contribution in [0.5, 0.6) is 0 Å². The molecule has 142 valence electrons. The molecule has 3 amide bonds. The van der Waals surface area contributed by atoms with Crippen LogP contribution in [-0.2, 0) is 9.59 Å². The maximum absolute atomic E-state index is 12.8. The number of hydrogen-bond acceptors (Lipinski definition) is 6. The number of rotatable bonds is 3. The minimum atomic E-state index is -0.723. The van der Waals surface area contributed by atoms with Gasteiger partial charge in [-0.25, -0.2) is 4.98 Å². The van der Waals surface area contributed by atoms with Gasteiger partial charge in [0.05, 0.1) is 22.8 Å². The summed E-state index contributed by atoms with van der Waals surface area (Å²) < 4.78 is 0. The van der Waals surface area contributed by atoms with Gasteiger partial charge in [-0.05, 0) is 49.9 Å². The van der Waals surface area contributed by atoms with Crippen LogP contribution in [0.1, 0.15) is 45.4 Å². The average Bonchev–Trinajstić information content (AvgIpc) is 3.14. The van der Waals surface area contributed by atoms with Gasteiger partial charge in [0.2, 0.25) is 0 Å². The number of amides is 3. The number of pyridine rings is 1. The van der Waals surface area contributed by atoms with Gasteiger partial charge in [0.1, 0.15) is 5.82 Å². The number of aromatic nitrogens is 1. The van der Waals surface area contributed by atoms with Gasteiger partial charge in [-0.2, -0.15) is 0 Å². The van der Waals surface area contributed by atoms with E-state index >= 15 is 0 Å². The second-order valence-electron chi connectivity index (χ2n) is 6.46. The fraction of sp³-hybridized carbons (Fsp3) is 0.333. The fourth-order valence-electron chi connectivity index (χ4n) is 3.10. The molecule has 0 spiro atoms. The van der Waals surface area contributed by atoms with E-state index in [1.807, 2.05) is 0 Å². The van der Waals surface area contributed by atoms with Crippen molar-refractivity contribution in [3.05, 3.63) is 39.7 Å². The maximum Gasteiger partial charge on any atom is 0.313 e. The summed E-state index contributed by atoms with van der Waals surface area (Å²) in [6.45, 7) is 2.26. The summed E-state index contributed by atoms with van der Waals surface area (Å²) >= 11 is 1.26. The molecule has 0 saturated carbocycles. The smallest absolute Gasteiger partial charge is 0.313 e. The van der Waals surface area contributed by atoms with E-state index in [0.29, 0.717) is 28.5 Å². The van der Waals surface area contributed by atoms with Gasteiger partial charge in [-0.15, -0.1) is 11.3 Å². The number of anilines is 2. The van der Waals surface area contributed by atoms with E-state index in [1.165, 1.54) is 17.5 Å². The topological polar surface area (TPSA) is 131 Å². The first-order valence-corrected chi connectivity index (χ1v) is 9.42. The molecule has 8 nitrogen and oxygen atoms in total. The van der Waals surface area contributed by atoms with Gasteiger partial charge in [-0.1, -0.05) is 0 Å². The molecule has 9 heteroatoms. The number of nitrogens with zero attached hydrogens (tertiary/aromatic N) is 2. The molecule has 0 radical (unpaired) electrons. The Kier molecular flexibility index (Phi) is 5.41. The molecule has 0 bridgehead atoms. The Morgan fingerprint density at radius 2 is 2.07 bits per heavy atom. The summed E-state index contributed by atoms with van der Waals surface area (Å²) in [6.07, 6.45) is 3.92. The van der Waals surface area contributed by atoms with Gasteiger partial charge in [0.25, 0.3) is 5.91 Å². The van der Waals surface area contributed by atoms with Crippen LogP contribution in [0.4, 0.5) is 11.5 Å². The average molecular weight is 387 g/mol. The van der Waals surface area contributed by atoms with Crippen LogP contribution in [0.15, 0.2) is 24.4 Å². The zero-order valence-electron chi connectivity index (χ0n) is 14.9. The van der Waals surface area contributed by atoms with Crippen molar-refractivity contribution in [2.24, 2.45) is 5.73 Å². The number of aryl methyl sites for hydroxylation is 1. The number of carbonyl (C=O) groups is 3. The lowest BCUT2D eigenvalue weighted by Gasteiger charge is -2.34. The molecule has 27 heavy (non-hydrogen) atoms. The van der Waals surface area contributed by atoms with Crippen LogP contribution in [-0.4, -0.2) is 34.2 Å². The lowest BCUT2D eigenvalue weighted by Crippen LogP contribution is -2.44. The minimum Gasteiger partial charge on any atom is -0.383 e. The maximum atomic E-state index is 12.8. The summed E-state index contributed by atoms with van der Waals surface area (Å²) in [5.41, 5.74) is 12.1. The molecule has 3 heterocycles. The predicted octanol–water partition coefficient (Wildman–Crippen LogP) is 1.82. The Labute approximate surface area is 160 Å². The SMILES string of the molecule is Cc1cc(NC(=O)C(=O)N2CCCC[C@H]2c2ccc(C(N)=O)s2)cnc1N. The largest absolute Gasteiger partial charge is 0.383 e. The highest BCUT2D eigenvalue weighted by atomic mass is 32.1. The number of hydrogen-bond donors (Lipinski definition) is 3. The summed E-state index contributed by atoms with van der Waals surface area (Å²) in [5, 5.41) is 2.58. The first-order chi connectivity index (χ1) is 12.9. The first-order valence-electron chi connectivity index (χ1n) is 8.60. The minimum absolute atomic E-state index is 0.235. The van der Waals surface area contributed by atoms with Crippen molar-refractivity contribution in [2.75, 3.05) is 17.6 Å². The third-order valence-corrected chi connectivity index (χ3v) is 5.73. The van der Waals surface area contributed by atoms with E-state index in [1.54, 1.807) is 30.0 Å². The molecule has 0 aromatic carbocycles. The van der Waals surface area contributed by atoms with Crippen LogP contribution in [0.25, 0.3) is 0 Å². The monoisotopic (exact) mass is 387 g/mol. The van der Waals surface area contributed by atoms with E-state index < -0.39 is 17.7 Å². The van der Waals surface area contributed by atoms with Gasteiger partial charge in [-0.3, -0.25) is 14.4 Å². The molecule has 1 aliphatic rings. The molecule has 2 aromatic heterocycles. The number of primary amides is 1. The van der Waals surface area contributed by atoms with Crippen LogP contribution in [0.3, 0.4) is 0 Å². The molecular formula is C18H21N5O3S. The number of nitrogen functional groups attached to an aromatic ring is 1. The lowest BCUT2D eigenvalue weighted by molar-refractivity contribution is -0.145. The van der Waals surface area contributed by atoms with Crippen molar-refractivity contribution < 1.29 is 14.4 Å². The number of carbonyl (C=O) groups excluding carboxylic acids is 3. The number of thiophene rings is 1. The highest BCUT2D eigenvalue weighted by Gasteiger charge is 2.32. The van der Waals surface area contributed by atoms with Gasteiger partial charge in [0, 0.05) is 11.4 Å². The first kappa shape index (κ1) is 18.8. The molecule has 1 saturated heterocycles. The fourth-order valence-corrected chi connectivity index (χ4v) is 4.11. The summed E-state index contributed by atoms with van der Waals surface area (Å²) in [5.74, 6) is -1.45. The lowest BCUT2D eigenvalue weighted by atomic mass is 10.0. The van der Waals surface area contributed by atoms with Gasteiger partial charge < -0.3 is 21.7 Å².